The molecule has 0 saturated heterocycles. The van der Waals surface area contributed by atoms with Crippen molar-refractivity contribution in [2.24, 2.45) is 0 Å². The van der Waals surface area contributed by atoms with Crippen molar-refractivity contribution in [3.8, 4) is 11.8 Å². The van der Waals surface area contributed by atoms with E-state index in [2.05, 4.69) is 18.8 Å². The molecule has 0 unspecified atom stereocenters. The van der Waals surface area contributed by atoms with Gasteiger partial charge in [-0.15, -0.1) is 5.92 Å². The second-order valence-electron chi connectivity index (χ2n) is 2.83. The maximum atomic E-state index is 8.84. The molecule has 70 valence electrons. The van der Waals surface area contributed by atoms with Crippen LogP contribution in [0.2, 0.25) is 0 Å². The fourth-order valence-electron chi connectivity index (χ4n) is 0.876. The molecule has 0 heterocycles. The third-order valence-electron chi connectivity index (χ3n) is 1.60. The first-order valence-electron chi connectivity index (χ1n) is 4.58. The zero-order chi connectivity index (χ0) is 9.23. The lowest BCUT2D eigenvalue weighted by molar-refractivity contribution is 0.138. The third-order valence-corrected chi connectivity index (χ3v) is 1.60. The van der Waals surface area contributed by atoms with Gasteiger partial charge in [-0.25, -0.2) is 0 Å². The predicted molar refractivity (Wildman–Crippen MR) is 49.6 cm³/mol. The van der Waals surface area contributed by atoms with Gasteiger partial charge in [0.05, 0.1) is 6.61 Å². The molecule has 0 rings (SSSR count). The summed E-state index contributed by atoms with van der Waals surface area (Å²) >= 11 is 0. The van der Waals surface area contributed by atoms with Crippen molar-refractivity contribution >= 4 is 0 Å². The zero-order valence-electron chi connectivity index (χ0n) is 7.71. The van der Waals surface area contributed by atoms with E-state index in [-0.39, 0.29) is 6.61 Å². The summed E-state index contributed by atoms with van der Waals surface area (Å²) in [5.74, 6) is 5.40. The molecule has 0 saturated carbocycles. The third kappa shape index (κ3) is 7.59. The minimum absolute atomic E-state index is 0.262. The van der Waals surface area contributed by atoms with E-state index < -0.39 is 6.10 Å². The summed E-state index contributed by atoms with van der Waals surface area (Å²) in [5, 5.41) is 17.3. The molecule has 0 aromatic carbocycles. The number of aliphatic hydroxyl groups is 2. The highest BCUT2D eigenvalue weighted by Gasteiger charge is 1.91. The molecule has 2 N–H and O–H groups in total. The molecule has 0 aromatic rings. The van der Waals surface area contributed by atoms with Crippen molar-refractivity contribution in [3.05, 3.63) is 0 Å². The normalized spacial score (nSPS) is 11.9. The lowest BCUT2D eigenvalue weighted by Gasteiger charge is -1.94. The van der Waals surface area contributed by atoms with Crippen LogP contribution < -0.4 is 0 Å². The van der Waals surface area contributed by atoms with Gasteiger partial charge >= 0.3 is 0 Å². The topological polar surface area (TPSA) is 40.5 Å². The van der Waals surface area contributed by atoms with Gasteiger partial charge < -0.3 is 10.2 Å². The van der Waals surface area contributed by atoms with Crippen molar-refractivity contribution in [3.63, 3.8) is 0 Å². The van der Waals surface area contributed by atoms with E-state index in [1.807, 2.05) is 0 Å². The first-order chi connectivity index (χ1) is 5.81. The Kier molecular flexibility index (Phi) is 8.20. The molecule has 0 bridgehead atoms. The summed E-state index contributed by atoms with van der Waals surface area (Å²) in [7, 11) is 0. The summed E-state index contributed by atoms with van der Waals surface area (Å²) in [5.41, 5.74) is 0. The van der Waals surface area contributed by atoms with E-state index in [9.17, 15) is 0 Å². The summed E-state index contributed by atoms with van der Waals surface area (Å²) in [6.07, 6.45) is 4.77. The Balaban J connectivity index is 3.21. The second kappa shape index (κ2) is 8.58. The van der Waals surface area contributed by atoms with E-state index >= 15 is 0 Å². The van der Waals surface area contributed by atoms with E-state index in [0.29, 0.717) is 0 Å². The van der Waals surface area contributed by atoms with Crippen LogP contribution in [0.5, 0.6) is 0 Å². The lowest BCUT2D eigenvalue weighted by atomic mass is 10.1. The van der Waals surface area contributed by atoms with Crippen LogP contribution in [0, 0.1) is 11.8 Å². The average Bonchev–Trinajstić information content (AvgIpc) is 2.10. The Labute approximate surface area is 74.6 Å². The van der Waals surface area contributed by atoms with E-state index in [1.54, 1.807) is 0 Å². The van der Waals surface area contributed by atoms with Gasteiger partial charge in [0, 0.05) is 6.42 Å². The summed E-state index contributed by atoms with van der Waals surface area (Å²) in [4.78, 5) is 0. The van der Waals surface area contributed by atoms with Gasteiger partial charge in [-0.2, -0.15) is 0 Å². The smallest absolute Gasteiger partial charge is 0.137 e. The van der Waals surface area contributed by atoms with Crippen LogP contribution in [0.15, 0.2) is 0 Å². The first kappa shape index (κ1) is 11.5. The molecule has 0 aliphatic carbocycles. The number of unbranched alkanes of at least 4 members (excludes halogenated alkanes) is 4. The van der Waals surface area contributed by atoms with Gasteiger partial charge in [0.25, 0.3) is 0 Å². The average molecular weight is 170 g/mol. The molecule has 12 heavy (non-hydrogen) atoms. The van der Waals surface area contributed by atoms with Crippen molar-refractivity contribution in [2.45, 2.75) is 45.1 Å². The van der Waals surface area contributed by atoms with Crippen LogP contribution in [0.25, 0.3) is 0 Å². The molecule has 0 aromatic heterocycles. The Morgan fingerprint density at radius 1 is 1.25 bits per heavy atom. The number of rotatable bonds is 5. The SMILES string of the molecule is CCCCCCC#C[C@@H](O)CO. The highest BCUT2D eigenvalue weighted by molar-refractivity contribution is 5.04. The highest BCUT2D eigenvalue weighted by atomic mass is 16.3. The number of hydrogen-bond donors (Lipinski definition) is 2. The molecule has 0 fully saturated rings. The molecule has 2 nitrogen and oxygen atoms in total. The molecule has 0 spiro atoms. The Morgan fingerprint density at radius 2 is 2.00 bits per heavy atom. The second-order valence-corrected chi connectivity index (χ2v) is 2.83. The van der Waals surface area contributed by atoms with Gasteiger partial charge in [-0.1, -0.05) is 32.1 Å². The molecule has 0 aliphatic rings. The number of hydrogen-bond acceptors (Lipinski definition) is 2. The summed E-state index contributed by atoms with van der Waals surface area (Å²) in [6, 6.07) is 0. The van der Waals surface area contributed by atoms with E-state index in [0.717, 1.165) is 12.8 Å². The van der Waals surface area contributed by atoms with Crippen LogP contribution in [-0.2, 0) is 0 Å². The minimum atomic E-state index is -0.851. The highest BCUT2D eigenvalue weighted by Crippen LogP contribution is 2.00. The van der Waals surface area contributed by atoms with Crippen molar-refractivity contribution < 1.29 is 10.2 Å². The van der Waals surface area contributed by atoms with E-state index in [1.165, 1.54) is 19.3 Å². The largest absolute Gasteiger partial charge is 0.393 e. The standard InChI is InChI=1S/C10H18O2/c1-2-3-4-5-6-7-8-10(12)9-11/h10-12H,2-6,9H2,1H3/t10-/m1/s1. The molecule has 2 heteroatoms. The first-order valence-corrected chi connectivity index (χ1v) is 4.58. The minimum Gasteiger partial charge on any atom is -0.393 e. The predicted octanol–water partition coefficient (Wildman–Crippen LogP) is 1.31. The van der Waals surface area contributed by atoms with Crippen LogP contribution in [0.3, 0.4) is 0 Å². The van der Waals surface area contributed by atoms with Gasteiger partial charge in [-0.05, 0) is 6.42 Å². The van der Waals surface area contributed by atoms with Gasteiger partial charge in [0.15, 0.2) is 0 Å². The van der Waals surface area contributed by atoms with Crippen LogP contribution in [0.1, 0.15) is 39.0 Å². The maximum absolute atomic E-state index is 8.84. The zero-order valence-corrected chi connectivity index (χ0v) is 7.71. The fraction of sp³-hybridized carbons (Fsp3) is 0.800. The van der Waals surface area contributed by atoms with Crippen LogP contribution in [-0.4, -0.2) is 22.9 Å². The molecular formula is C10H18O2. The quantitative estimate of drug-likeness (QED) is 0.482. The fourth-order valence-corrected chi connectivity index (χ4v) is 0.876. The molecule has 0 amide bonds. The summed E-state index contributed by atoms with van der Waals surface area (Å²) < 4.78 is 0. The van der Waals surface area contributed by atoms with Gasteiger partial charge in [-0.3, -0.25) is 0 Å². The molecule has 0 radical (unpaired) electrons. The molecular weight excluding hydrogens is 152 g/mol. The Bertz CT molecular complexity index is 144. The maximum Gasteiger partial charge on any atom is 0.137 e. The van der Waals surface area contributed by atoms with Gasteiger partial charge in [0.2, 0.25) is 0 Å². The van der Waals surface area contributed by atoms with Crippen molar-refractivity contribution in [1.82, 2.24) is 0 Å². The van der Waals surface area contributed by atoms with Crippen molar-refractivity contribution in [1.29, 1.82) is 0 Å². The van der Waals surface area contributed by atoms with Crippen LogP contribution >= 0.6 is 0 Å². The monoisotopic (exact) mass is 170 g/mol. The van der Waals surface area contributed by atoms with E-state index in [4.69, 9.17) is 10.2 Å². The Hall–Kier alpha value is -0.520. The van der Waals surface area contributed by atoms with Gasteiger partial charge in [0.1, 0.15) is 6.10 Å². The summed E-state index contributed by atoms with van der Waals surface area (Å²) in [6.45, 7) is 1.91. The molecule has 1 atom stereocenters. The Morgan fingerprint density at radius 3 is 2.58 bits per heavy atom. The number of aliphatic hydroxyl groups excluding tert-OH is 2. The molecule has 0 aliphatic heterocycles. The lowest BCUT2D eigenvalue weighted by Crippen LogP contribution is -2.07. The van der Waals surface area contributed by atoms with Crippen molar-refractivity contribution in [2.75, 3.05) is 6.61 Å². The van der Waals surface area contributed by atoms with Crippen LogP contribution in [0.4, 0.5) is 0 Å².